The Bertz CT molecular complexity index is 1720. The zero-order valence-electron chi connectivity index (χ0n) is 31.9. The highest BCUT2D eigenvalue weighted by Gasteiger charge is 2.53. The lowest BCUT2D eigenvalue weighted by atomic mass is 9.84. The van der Waals surface area contributed by atoms with Crippen molar-refractivity contribution < 1.29 is 80.9 Å². The van der Waals surface area contributed by atoms with Crippen LogP contribution in [0.4, 0.5) is 0 Å². The minimum atomic E-state index is -1.47. The Hall–Kier alpha value is -5.42. The molecule has 0 saturated carbocycles. The first-order chi connectivity index (χ1) is 26.1. The first-order valence-electron chi connectivity index (χ1n) is 17.3. The van der Waals surface area contributed by atoms with Crippen LogP contribution in [0.2, 0.25) is 0 Å². The van der Waals surface area contributed by atoms with Crippen LogP contribution in [0.5, 0.6) is 23.0 Å². The number of carbonyl (C=O) groups is 6. The van der Waals surface area contributed by atoms with Crippen LogP contribution in [0.3, 0.4) is 0 Å². The summed E-state index contributed by atoms with van der Waals surface area (Å²) >= 11 is 0. The van der Waals surface area contributed by atoms with Gasteiger partial charge in [0.2, 0.25) is 12.4 Å². The van der Waals surface area contributed by atoms with Crippen LogP contribution >= 0.6 is 0 Å². The molecule has 2 aliphatic heterocycles. The number of benzene rings is 2. The molecule has 2 heterocycles. The number of rotatable bonds is 15. The number of ether oxygens (including phenoxy) is 11. The van der Waals surface area contributed by atoms with Gasteiger partial charge < -0.3 is 52.1 Å². The highest BCUT2D eigenvalue weighted by atomic mass is 16.7. The lowest BCUT2D eigenvalue weighted by Gasteiger charge is -2.44. The van der Waals surface area contributed by atoms with Crippen LogP contribution in [-0.2, 0) is 68.3 Å². The molecule has 0 amide bonds. The van der Waals surface area contributed by atoms with Crippen LogP contribution < -0.4 is 18.9 Å². The van der Waals surface area contributed by atoms with E-state index >= 15 is 0 Å². The topological polar surface area (TPSA) is 204 Å². The van der Waals surface area contributed by atoms with Gasteiger partial charge in [0.15, 0.2) is 35.2 Å². The van der Waals surface area contributed by atoms with Gasteiger partial charge in [-0.1, -0.05) is 12.1 Å². The summed E-state index contributed by atoms with van der Waals surface area (Å²) in [5.74, 6) is -3.36. The van der Waals surface area contributed by atoms with Crippen molar-refractivity contribution in [1.29, 1.82) is 0 Å². The second kappa shape index (κ2) is 19.3. The van der Waals surface area contributed by atoms with Crippen molar-refractivity contribution in [2.45, 2.75) is 84.8 Å². The summed E-state index contributed by atoms with van der Waals surface area (Å²) < 4.78 is 62.0. The first kappa shape index (κ1) is 42.3. The summed E-state index contributed by atoms with van der Waals surface area (Å²) in [4.78, 5) is 71.7. The molecule has 2 aromatic carbocycles. The lowest BCUT2D eigenvalue weighted by molar-refractivity contribution is -0.288. The van der Waals surface area contributed by atoms with Crippen LogP contribution in [0.1, 0.15) is 58.8 Å². The van der Waals surface area contributed by atoms with E-state index in [1.165, 1.54) is 35.0 Å². The molecule has 2 aromatic rings. The Labute approximate surface area is 317 Å². The fourth-order valence-electron chi connectivity index (χ4n) is 6.46. The minimum Gasteiger partial charge on any atom is -0.493 e. The molecule has 300 valence electrons. The normalized spacial score (nSPS) is 24.4. The van der Waals surface area contributed by atoms with E-state index in [4.69, 9.17) is 52.1 Å². The van der Waals surface area contributed by atoms with Crippen molar-refractivity contribution in [2.75, 3.05) is 34.0 Å². The molecule has 17 heteroatoms. The third-order valence-corrected chi connectivity index (χ3v) is 8.65. The van der Waals surface area contributed by atoms with Gasteiger partial charge in [-0.15, -0.1) is 0 Å². The van der Waals surface area contributed by atoms with Crippen molar-refractivity contribution >= 4 is 35.8 Å². The summed E-state index contributed by atoms with van der Waals surface area (Å²) in [6.07, 6.45) is -6.92. The van der Waals surface area contributed by atoms with Gasteiger partial charge in [-0.25, -0.2) is 0 Å². The molecule has 8 atom stereocenters. The number of methoxy groups -OCH3 is 2. The van der Waals surface area contributed by atoms with Crippen molar-refractivity contribution in [3.63, 3.8) is 0 Å². The first-order valence-corrected chi connectivity index (χ1v) is 17.3. The van der Waals surface area contributed by atoms with E-state index < -0.39 is 79.2 Å². The molecular weight excluding hydrogens is 728 g/mol. The van der Waals surface area contributed by atoms with Crippen molar-refractivity contribution in [2.24, 2.45) is 11.8 Å². The van der Waals surface area contributed by atoms with Gasteiger partial charge in [0.25, 0.3) is 0 Å². The molecule has 0 aliphatic carbocycles. The summed E-state index contributed by atoms with van der Waals surface area (Å²) in [7, 11) is 2.88. The Morgan fingerprint density at radius 2 is 1.22 bits per heavy atom. The van der Waals surface area contributed by atoms with Gasteiger partial charge >= 0.3 is 35.8 Å². The number of hydrogen-bond acceptors (Lipinski definition) is 17. The van der Waals surface area contributed by atoms with Crippen LogP contribution in [0.25, 0.3) is 0 Å². The standard InChI is InChI=1S/C38H46O17/c1-19(39)47-17-28-27(16-49-34(28)26-10-12-29(50-21(3)41)32(15-26)46-8)13-25-9-11-30(31(14-25)45-7)54-38-37(53-24(6)44)36(52-23(5)43)35(51-22(4)42)33(55-38)18-48-20(2)40/h9-12,14-15,27-28,33-38H,13,16-18H2,1-8H3/t27-,28-,33+,34+,35+,36-,37+,38+/m0/s1. The second-order valence-corrected chi connectivity index (χ2v) is 12.9. The van der Waals surface area contributed by atoms with Crippen LogP contribution in [0, 0.1) is 11.8 Å². The van der Waals surface area contributed by atoms with Gasteiger partial charge in [0, 0.05) is 47.5 Å². The molecule has 17 nitrogen and oxygen atoms in total. The molecule has 0 unspecified atom stereocenters. The molecule has 2 saturated heterocycles. The van der Waals surface area contributed by atoms with Crippen LogP contribution in [0.15, 0.2) is 36.4 Å². The van der Waals surface area contributed by atoms with E-state index in [2.05, 4.69) is 0 Å². The lowest BCUT2D eigenvalue weighted by Crippen LogP contribution is -2.63. The van der Waals surface area contributed by atoms with E-state index in [1.54, 1.807) is 36.4 Å². The third kappa shape index (κ3) is 11.5. The molecule has 2 aliphatic rings. The third-order valence-electron chi connectivity index (χ3n) is 8.65. The zero-order chi connectivity index (χ0) is 40.4. The highest BCUT2D eigenvalue weighted by molar-refractivity contribution is 5.71. The average molecular weight is 775 g/mol. The minimum absolute atomic E-state index is 0.0694. The predicted molar refractivity (Wildman–Crippen MR) is 186 cm³/mol. The van der Waals surface area contributed by atoms with Gasteiger partial charge in [-0.2, -0.15) is 0 Å². The fraction of sp³-hybridized carbons (Fsp3) is 0.526. The molecule has 55 heavy (non-hydrogen) atoms. The Balaban J connectivity index is 1.62. The number of hydrogen-bond donors (Lipinski definition) is 0. The summed E-state index contributed by atoms with van der Waals surface area (Å²) in [5, 5.41) is 0. The largest absolute Gasteiger partial charge is 0.493 e. The SMILES string of the molecule is COc1cc([C@H]2OC[C@H](Cc3ccc(O[C@@H]4O[C@H](COC(C)=O)[C@@H](OC(C)=O)[C@H](OC(C)=O)[C@H]4OC(C)=O)c(OC)c3)[C@@H]2COC(C)=O)ccc1OC(C)=O. The maximum absolute atomic E-state index is 12.3. The molecule has 0 N–H and O–H groups in total. The maximum atomic E-state index is 12.3. The van der Waals surface area contributed by atoms with Gasteiger partial charge in [0.05, 0.1) is 33.5 Å². The predicted octanol–water partition coefficient (Wildman–Crippen LogP) is 3.20. The van der Waals surface area contributed by atoms with E-state index in [1.807, 2.05) is 0 Å². The molecule has 4 rings (SSSR count). The quantitative estimate of drug-likeness (QED) is 0.145. The highest BCUT2D eigenvalue weighted by Crippen LogP contribution is 2.43. The van der Waals surface area contributed by atoms with E-state index in [0.717, 1.165) is 31.9 Å². The van der Waals surface area contributed by atoms with Crippen LogP contribution in [-0.4, -0.2) is 101 Å². The molecule has 0 spiro atoms. The van der Waals surface area contributed by atoms with E-state index in [-0.39, 0.29) is 35.7 Å². The van der Waals surface area contributed by atoms with Crippen molar-refractivity contribution in [1.82, 2.24) is 0 Å². The van der Waals surface area contributed by atoms with E-state index in [0.29, 0.717) is 18.8 Å². The van der Waals surface area contributed by atoms with Crippen molar-refractivity contribution in [3.05, 3.63) is 47.5 Å². The fourth-order valence-corrected chi connectivity index (χ4v) is 6.46. The number of esters is 6. The summed E-state index contributed by atoms with van der Waals surface area (Å²) in [6, 6.07) is 10.2. The molecule has 0 aromatic heterocycles. The van der Waals surface area contributed by atoms with Crippen molar-refractivity contribution in [3.8, 4) is 23.0 Å². The van der Waals surface area contributed by atoms with E-state index in [9.17, 15) is 28.8 Å². The summed E-state index contributed by atoms with van der Waals surface area (Å²) in [6.45, 7) is 7.13. The second-order valence-electron chi connectivity index (χ2n) is 12.9. The Kier molecular flexibility index (Phi) is 14.8. The molecular formula is C38H46O17. The van der Waals surface area contributed by atoms with Gasteiger partial charge in [-0.3, -0.25) is 28.8 Å². The number of carbonyl (C=O) groups excluding carboxylic acids is 6. The Morgan fingerprint density at radius 1 is 0.636 bits per heavy atom. The maximum Gasteiger partial charge on any atom is 0.308 e. The van der Waals surface area contributed by atoms with Gasteiger partial charge in [-0.05, 0) is 47.7 Å². The smallest absolute Gasteiger partial charge is 0.308 e. The average Bonchev–Trinajstić information content (AvgIpc) is 3.50. The summed E-state index contributed by atoms with van der Waals surface area (Å²) in [5.41, 5.74) is 1.54. The molecule has 2 fully saturated rings. The molecule has 0 radical (unpaired) electrons. The zero-order valence-corrected chi connectivity index (χ0v) is 31.9. The molecule has 0 bridgehead atoms. The monoisotopic (exact) mass is 774 g/mol. The Morgan fingerprint density at radius 3 is 1.82 bits per heavy atom. The van der Waals surface area contributed by atoms with Gasteiger partial charge in [0.1, 0.15) is 12.7 Å².